The van der Waals surface area contributed by atoms with Gasteiger partial charge in [-0.25, -0.2) is 4.79 Å². The molecule has 0 heterocycles. The summed E-state index contributed by atoms with van der Waals surface area (Å²) in [5, 5.41) is 11.5. The highest BCUT2D eigenvalue weighted by Crippen LogP contribution is 2.55. The van der Waals surface area contributed by atoms with Crippen LogP contribution in [0.5, 0.6) is 0 Å². The molecule has 0 spiro atoms. The molecule has 168 valence electrons. The molecule has 4 saturated carbocycles. The predicted octanol–water partition coefficient (Wildman–Crippen LogP) is 2.96. The lowest BCUT2D eigenvalue weighted by atomic mass is 9.53. The normalized spacial score (nSPS) is 28.1. The first kappa shape index (κ1) is 21.7. The fraction of sp³-hybridized carbons (Fsp3) is 0.625. The van der Waals surface area contributed by atoms with Crippen LogP contribution in [0, 0.1) is 17.8 Å². The van der Waals surface area contributed by atoms with Crippen molar-refractivity contribution in [1.82, 2.24) is 16.0 Å². The second kappa shape index (κ2) is 9.28. The largest absolute Gasteiger partial charge is 0.347 e. The van der Waals surface area contributed by atoms with Crippen LogP contribution in [0.2, 0.25) is 0 Å². The van der Waals surface area contributed by atoms with Crippen molar-refractivity contribution in [2.24, 2.45) is 17.8 Å². The number of aryl methyl sites for hydroxylation is 1. The number of carbonyl (C=O) groups excluding carboxylic acids is 3. The van der Waals surface area contributed by atoms with Gasteiger partial charge in [0.15, 0.2) is 0 Å². The van der Waals surface area contributed by atoms with Gasteiger partial charge in [0.05, 0.1) is 6.54 Å². The van der Waals surface area contributed by atoms with Crippen molar-refractivity contribution >= 4 is 23.5 Å². The van der Waals surface area contributed by atoms with Gasteiger partial charge < -0.3 is 21.3 Å². The Bertz CT molecular complexity index is 803. The van der Waals surface area contributed by atoms with Crippen LogP contribution in [0.25, 0.3) is 0 Å². The quantitative estimate of drug-likeness (QED) is 0.514. The summed E-state index contributed by atoms with van der Waals surface area (Å²) in [6.07, 6.45) is 8.27. The highest BCUT2D eigenvalue weighted by atomic mass is 16.2. The maximum Gasteiger partial charge on any atom is 0.315 e. The lowest BCUT2D eigenvalue weighted by Gasteiger charge is -2.56. The van der Waals surface area contributed by atoms with E-state index in [0.29, 0.717) is 0 Å². The third-order valence-electron chi connectivity index (χ3n) is 7.17. The van der Waals surface area contributed by atoms with Gasteiger partial charge in [-0.15, -0.1) is 0 Å². The SMILES string of the molecule is CCc1ccccc1NC(=O)CNC(=O)CCNC(=O)NC12CC3CC(CC(C3)C1)C2. The molecule has 4 amide bonds. The molecule has 0 unspecified atom stereocenters. The lowest BCUT2D eigenvalue weighted by molar-refractivity contribution is -0.124. The van der Waals surface area contributed by atoms with E-state index in [1.165, 1.54) is 19.3 Å². The molecule has 4 N–H and O–H groups in total. The first-order valence-electron chi connectivity index (χ1n) is 11.6. The zero-order valence-corrected chi connectivity index (χ0v) is 18.3. The highest BCUT2D eigenvalue weighted by molar-refractivity contribution is 5.95. The minimum atomic E-state index is -0.262. The van der Waals surface area contributed by atoms with Gasteiger partial charge in [-0.2, -0.15) is 0 Å². The summed E-state index contributed by atoms with van der Waals surface area (Å²) in [4.78, 5) is 36.6. The summed E-state index contributed by atoms with van der Waals surface area (Å²) in [7, 11) is 0. The molecule has 7 heteroatoms. The molecular formula is C24H34N4O3. The van der Waals surface area contributed by atoms with Gasteiger partial charge in [0.25, 0.3) is 0 Å². The van der Waals surface area contributed by atoms with Crippen molar-refractivity contribution in [2.45, 2.75) is 63.8 Å². The fourth-order valence-corrected chi connectivity index (χ4v) is 6.25. The molecule has 0 atom stereocenters. The molecule has 5 rings (SSSR count). The fourth-order valence-electron chi connectivity index (χ4n) is 6.25. The predicted molar refractivity (Wildman–Crippen MR) is 120 cm³/mol. The van der Waals surface area contributed by atoms with Crippen LogP contribution in [0.15, 0.2) is 24.3 Å². The van der Waals surface area contributed by atoms with E-state index in [-0.39, 0.29) is 42.9 Å². The average molecular weight is 427 g/mol. The molecule has 4 fully saturated rings. The number of para-hydroxylation sites is 1. The Hall–Kier alpha value is -2.57. The Morgan fingerprint density at radius 3 is 2.23 bits per heavy atom. The Labute approximate surface area is 184 Å². The molecule has 4 aliphatic rings. The third kappa shape index (κ3) is 5.38. The van der Waals surface area contributed by atoms with Crippen LogP contribution in [0.3, 0.4) is 0 Å². The van der Waals surface area contributed by atoms with Gasteiger partial charge in [0, 0.05) is 24.2 Å². The number of urea groups is 1. The van der Waals surface area contributed by atoms with Crippen molar-refractivity contribution in [2.75, 3.05) is 18.4 Å². The van der Waals surface area contributed by atoms with E-state index in [1.807, 2.05) is 31.2 Å². The van der Waals surface area contributed by atoms with E-state index in [2.05, 4.69) is 21.3 Å². The van der Waals surface area contributed by atoms with Crippen molar-refractivity contribution in [3.05, 3.63) is 29.8 Å². The van der Waals surface area contributed by atoms with Crippen molar-refractivity contribution < 1.29 is 14.4 Å². The number of benzene rings is 1. The third-order valence-corrected chi connectivity index (χ3v) is 7.17. The topological polar surface area (TPSA) is 99.3 Å². The molecule has 0 radical (unpaired) electrons. The maximum atomic E-state index is 12.4. The number of hydrogen-bond donors (Lipinski definition) is 4. The Balaban J connectivity index is 1.14. The Kier molecular flexibility index (Phi) is 6.49. The molecule has 7 nitrogen and oxygen atoms in total. The summed E-state index contributed by atoms with van der Waals surface area (Å²) < 4.78 is 0. The van der Waals surface area contributed by atoms with Crippen molar-refractivity contribution in [1.29, 1.82) is 0 Å². The molecule has 0 aliphatic heterocycles. The van der Waals surface area contributed by atoms with Gasteiger partial charge in [0.1, 0.15) is 0 Å². The Morgan fingerprint density at radius 2 is 1.58 bits per heavy atom. The minimum absolute atomic E-state index is 0.0338. The molecule has 31 heavy (non-hydrogen) atoms. The van der Waals surface area contributed by atoms with E-state index in [0.717, 1.165) is 54.7 Å². The molecule has 0 saturated heterocycles. The zero-order chi connectivity index (χ0) is 21.8. The maximum absolute atomic E-state index is 12.4. The second-order valence-electron chi connectivity index (χ2n) is 9.66. The zero-order valence-electron chi connectivity index (χ0n) is 18.3. The summed E-state index contributed by atoms with van der Waals surface area (Å²) in [5.74, 6) is 1.80. The first-order valence-corrected chi connectivity index (χ1v) is 11.6. The molecule has 1 aromatic rings. The van der Waals surface area contributed by atoms with Crippen LogP contribution in [0.4, 0.5) is 10.5 Å². The van der Waals surface area contributed by atoms with E-state index < -0.39 is 0 Å². The van der Waals surface area contributed by atoms with Crippen molar-refractivity contribution in [3.8, 4) is 0 Å². The van der Waals surface area contributed by atoms with E-state index in [9.17, 15) is 14.4 Å². The van der Waals surface area contributed by atoms with E-state index in [4.69, 9.17) is 0 Å². The van der Waals surface area contributed by atoms with E-state index in [1.54, 1.807) is 0 Å². The van der Waals surface area contributed by atoms with Gasteiger partial charge in [-0.3, -0.25) is 9.59 Å². The highest BCUT2D eigenvalue weighted by Gasteiger charge is 2.51. The number of rotatable bonds is 8. The van der Waals surface area contributed by atoms with Gasteiger partial charge >= 0.3 is 6.03 Å². The molecule has 4 bridgehead atoms. The summed E-state index contributed by atoms with van der Waals surface area (Å²) in [6, 6.07) is 7.44. The minimum Gasteiger partial charge on any atom is -0.347 e. The number of carbonyl (C=O) groups is 3. The van der Waals surface area contributed by atoms with Crippen LogP contribution < -0.4 is 21.3 Å². The Morgan fingerprint density at radius 1 is 0.935 bits per heavy atom. The van der Waals surface area contributed by atoms with Crippen LogP contribution in [-0.2, 0) is 16.0 Å². The average Bonchev–Trinajstić information content (AvgIpc) is 2.71. The standard InChI is InChI=1S/C24H34N4O3/c1-2-19-5-3-4-6-20(19)27-22(30)15-26-21(29)7-8-25-23(31)28-24-12-16-9-17(13-24)11-18(10-16)14-24/h3-6,16-18H,2,7-15H2,1H3,(H,26,29)(H,27,30)(H2,25,28,31). The smallest absolute Gasteiger partial charge is 0.315 e. The molecule has 1 aromatic carbocycles. The van der Waals surface area contributed by atoms with Gasteiger partial charge in [-0.1, -0.05) is 25.1 Å². The summed E-state index contributed by atoms with van der Waals surface area (Å²) in [5.41, 5.74) is 1.79. The van der Waals surface area contributed by atoms with Gasteiger partial charge in [-0.05, 0) is 74.3 Å². The second-order valence-corrected chi connectivity index (χ2v) is 9.66. The monoisotopic (exact) mass is 426 g/mol. The number of anilines is 1. The number of hydrogen-bond acceptors (Lipinski definition) is 3. The first-order chi connectivity index (χ1) is 14.9. The van der Waals surface area contributed by atoms with Crippen LogP contribution in [-0.4, -0.2) is 36.5 Å². The van der Waals surface area contributed by atoms with Crippen LogP contribution >= 0.6 is 0 Å². The van der Waals surface area contributed by atoms with Crippen molar-refractivity contribution in [3.63, 3.8) is 0 Å². The summed E-state index contributed by atoms with van der Waals surface area (Å²) in [6.45, 7) is 2.19. The van der Waals surface area contributed by atoms with E-state index >= 15 is 0 Å². The molecule has 0 aromatic heterocycles. The molecular weight excluding hydrogens is 392 g/mol. The molecule has 4 aliphatic carbocycles. The summed E-state index contributed by atoms with van der Waals surface area (Å²) >= 11 is 0. The number of nitrogens with one attached hydrogen (secondary N) is 4. The lowest BCUT2D eigenvalue weighted by Crippen LogP contribution is -2.61. The van der Waals surface area contributed by atoms with Gasteiger partial charge in [0.2, 0.25) is 11.8 Å². The van der Waals surface area contributed by atoms with Crippen LogP contribution in [0.1, 0.15) is 57.4 Å². The number of amides is 4.